The van der Waals surface area contributed by atoms with Crippen LogP contribution < -0.4 is 4.90 Å². The van der Waals surface area contributed by atoms with E-state index >= 15 is 0 Å². The molecule has 0 saturated carbocycles. The lowest BCUT2D eigenvalue weighted by Gasteiger charge is -2.28. The molecule has 1 heterocycles. The van der Waals surface area contributed by atoms with Gasteiger partial charge in [0.15, 0.2) is 0 Å². The second kappa shape index (κ2) is 11.7. The summed E-state index contributed by atoms with van der Waals surface area (Å²) in [5.41, 5.74) is 14.5. The molecule has 3 heteroatoms. The van der Waals surface area contributed by atoms with Crippen LogP contribution in [-0.4, -0.2) is 11.3 Å². The average molecular weight is 620 g/mol. The molecule has 0 amide bonds. The quantitative estimate of drug-likeness (QED) is 0.128. The van der Waals surface area contributed by atoms with Crippen molar-refractivity contribution in [2.75, 3.05) is 4.90 Å². The fraction of sp³-hybridized carbons (Fsp3) is 0.0889. The molecule has 0 fully saturated rings. The van der Waals surface area contributed by atoms with Gasteiger partial charge in [-0.15, -0.1) is 0 Å². The molecule has 0 unspecified atom stereocenters. The number of rotatable bonds is 7. The van der Waals surface area contributed by atoms with E-state index in [-0.39, 0.29) is 5.41 Å². The van der Waals surface area contributed by atoms with Gasteiger partial charge in [0.2, 0.25) is 0 Å². The Morgan fingerprint density at radius 3 is 2.06 bits per heavy atom. The third-order valence-corrected chi connectivity index (χ3v) is 9.85. The molecule has 3 nitrogen and oxygen atoms in total. The zero-order valence-corrected chi connectivity index (χ0v) is 27.6. The smallest absolute Gasteiger partial charge is 0.0539 e. The topological polar surface area (TPSA) is 20.5 Å². The molecule has 1 aliphatic rings. The molecule has 0 aliphatic heterocycles. The molecule has 1 aromatic heterocycles. The Hall–Kier alpha value is -5.93. The van der Waals surface area contributed by atoms with E-state index < -0.39 is 0 Å². The summed E-state index contributed by atoms with van der Waals surface area (Å²) in [6.45, 7) is 10.4. The fourth-order valence-electron chi connectivity index (χ4n) is 7.51. The minimum absolute atomic E-state index is 0.0957. The first-order chi connectivity index (χ1) is 23.5. The monoisotopic (exact) mass is 619 g/mol. The van der Waals surface area contributed by atoms with Crippen LogP contribution in [0.4, 0.5) is 17.1 Å². The number of para-hydroxylation sites is 1. The molecule has 6 aromatic carbocycles. The number of hydrogen-bond donors (Lipinski definition) is 0. The number of allylic oxidation sites excluding steroid dienone is 3. The number of aromatic nitrogens is 1. The summed E-state index contributed by atoms with van der Waals surface area (Å²) >= 11 is 0. The van der Waals surface area contributed by atoms with Crippen LogP contribution in [0, 0.1) is 0 Å². The maximum atomic E-state index is 3.88. The average Bonchev–Trinajstić information content (AvgIpc) is 3.57. The van der Waals surface area contributed by atoms with Crippen molar-refractivity contribution in [3.05, 3.63) is 169 Å². The Morgan fingerprint density at radius 1 is 0.625 bits per heavy atom. The molecule has 0 N–H and O–H groups in total. The third kappa shape index (κ3) is 4.78. The molecule has 8 rings (SSSR count). The maximum Gasteiger partial charge on any atom is 0.0539 e. The van der Waals surface area contributed by atoms with Gasteiger partial charge in [-0.2, -0.15) is 0 Å². The van der Waals surface area contributed by atoms with Gasteiger partial charge in [0.25, 0.3) is 0 Å². The van der Waals surface area contributed by atoms with E-state index in [0.29, 0.717) is 0 Å². The molecule has 7 aromatic rings. The first-order valence-corrected chi connectivity index (χ1v) is 16.5. The normalized spacial score (nSPS) is 13.6. The zero-order valence-electron chi connectivity index (χ0n) is 27.6. The lowest BCUT2D eigenvalue weighted by atomic mass is 9.82. The number of anilines is 3. The van der Waals surface area contributed by atoms with Gasteiger partial charge in [-0.25, -0.2) is 0 Å². The molecule has 0 spiro atoms. The summed E-state index contributed by atoms with van der Waals surface area (Å²) < 4.78 is 2.33. The van der Waals surface area contributed by atoms with Gasteiger partial charge in [0.1, 0.15) is 0 Å². The van der Waals surface area contributed by atoms with Crippen molar-refractivity contribution in [1.82, 2.24) is 4.57 Å². The van der Waals surface area contributed by atoms with E-state index in [9.17, 15) is 0 Å². The van der Waals surface area contributed by atoms with Crippen LogP contribution in [0.2, 0.25) is 0 Å². The molecule has 0 saturated heterocycles. The summed E-state index contributed by atoms with van der Waals surface area (Å²) in [4.78, 5) is 6.28. The highest BCUT2D eigenvalue weighted by atomic mass is 15.1. The Kier molecular flexibility index (Phi) is 7.18. The molecule has 0 bridgehead atoms. The van der Waals surface area contributed by atoms with E-state index in [1.165, 1.54) is 55.2 Å². The molecular formula is C45H37N3. The van der Waals surface area contributed by atoms with E-state index in [1.807, 2.05) is 6.08 Å². The molecule has 0 atom stereocenters. The van der Waals surface area contributed by atoms with Crippen molar-refractivity contribution in [2.45, 2.75) is 26.2 Å². The van der Waals surface area contributed by atoms with Crippen molar-refractivity contribution in [3.63, 3.8) is 0 Å². The van der Waals surface area contributed by atoms with Crippen molar-refractivity contribution in [2.24, 2.45) is 4.99 Å². The predicted molar refractivity (Wildman–Crippen MR) is 206 cm³/mol. The standard InChI is InChI=1S/C45H37N3/c1-31(13-12-28-46-4)47-43-19-11-9-17-39(43)40-29-35(25-27-44(40)47)48(34-22-20-33(21-23-34)32-14-6-5-7-15-32)36-24-26-38-37-16-8-10-18-41(37)45(2,3)42(38)30-36/h5-30H,4H2,1-3H3/b28-12-,31-13+. The number of aliphatic imine (C=N–C) groups is 1. The lowest BCUT2D eigenvalue weighted by molar-refractivity contribution is 0.660. The van der Waals surface area contributed by atoms with Crippen molar-refractivity contribution in [3.8, 4) is 22.3 Å². The van der Waals surface area contributed by atoms with Crippen LogP contribution in [0.5, 0.6) is 0 Å². The van der Waals surface area contributed by atoms with Crippen LogP contribution in [0.3, 0.4) is 0 Å². The van der Waals surface area contributed by atoms with Crippen LogP contribution >= 0.6 is 0 Å². The third-order valence-electron chi connectivity index (χ3n) is 9.85. The molecule has 0 radical (unpaired) electrons. The van der Waals surface area contributed by atoms with Gasteiger partial charge in [-0.3, -0.25) is 4.99 Å². The fourth-order valence-corrected chi connectivity index (χ4v) is 7.51. The van der Waals surface area contributed by atoms with Crippen LogP contribution in [0.25, 0.3) is 49.8 Å². The minimum atomic E-state index is -0.0957. The number of hydrogen-bond acceptors (Lipinski definition) is 2. The molecule has 1 aliphatic carbocycles. The summed E-state index contributed by atoms with van der Waals surface area (Å²) in [7, 11) is 0. The van der Waals surface area contributed by atoms with Gasteiger partial charge in [-0.1, -0.05) is 105 Å². The van der Waals surface area contributed by atoms with Crippen LogP contribution in [0.1, 0.15) is 31.9 Å². The van der Waals surface area contributed by atoms with Gasteiger partial charge in [-0.05, 0) is 108 Å². The Balaban J connectivity index is 1.32. The SMILES string of the molecule is C=N/C=C\C=C(/C)n1c2ccccc2c2cc(N(c3ccc(-c4ccccc4)cc3)c3ccc4c(c3)C(C)(C)c3ccccc3-4)ccc21. The summed E-state index contributed by atoms with van der Waals surface area (Å²) in [6, 6.07) is 50.9. The first kappa shape index (κ1) is 29.5. The number of fused-ring (bicyclic) bond motifs is 6. The van der Waals surface area contributed by atoms with Crippen molar-refractivity contribution in [1.29, 1.82) is 0 Å². The Morgan fingerprint density at radius 2 is 1.25 bits per heavy atom. The highest BCUT2D eigenvalue weighted by Gasteiger charge is 2.35. The summed E-state index contributed by atoms with van der Waals surface area (Å²) in [5, 5.41) is 2.43. The van der Waals surface area contributed by atoms with Crippen molar-refractivity contribution < 1.29 is 0 Å². The minimum Gasteiger partial charge on any atom is -0.313 e. The first-order valence-electron chi connectivity index (χ1n) is 16.5. The summed E-state index contributed by atoms with van der Waals surface area (Å²) in [6.07, 6.45) is 5.73. The van der Waals surface area contributed by atoms with Gasteiger partial charge < -0.3 is 9.47 Å². The highest BCUT2D eigenvalue weighted by molar-refractivity contribution is 6.11. The highest BCUT2D eigenvalue weighted by Crippen LogP contribution is 2.51. The maximum absolute atomic E-state index is 3.88. The number of nitrogens with zero attached hydrogens (tertiary/aromatic N) is 3. The second-order valence-corrected chi connectivity index (χ2v) is 13.0. The van der Waals surface area contributed by atoms with Crippen LogP contribution in [0.15, 0.2) is 163 Å². The lowest BCUT2D eigenvalue weighted by Crippen LogP contribution is -2.16. The van der Waals surface area contributed by atoms with E-state index in [0.717, 1.165) is 22.8 Å². The number of benzene rings is 6. The predicted octanol–water partition coefficient (Wildman–Crippen LogP) is 12.3. The molecule has 48 heavy (non-hydrogen) atoms. The Labute approximate surface area is 282 Å². The Bertz CT molecular complexity index is 2390. The molecule has 232 valence electrons. The molecular weight excluding hydrogens is 583 g/mol. The summed E-state index contributed by atoms with van der Waals surface area (Å²) in [5.74, 6) is 0. The second-order valence-electron chi connectivity index (χ2n) is 13.0. The van der Waals surface area contributed by atoms with E-state index in [2.05, 4.69) is 188 Å². The zero-order chi connectivity index (χ0) is 32.8. The van der Waals surface area contributed by atoms with E-state index in [4.69, 9.17) is 0 Å². The van der Waals surface area contributed by atoms with E-state index in [1.54, 1.807) is 6.20 Å². The van der Waals surface area contributed by atoms with Gasteiger partial charge in [0, 0.05) is 45.1 Å². The van der Waals surface area contributed by atoms with Gasteiger partial charge in [0.05, 0.1) is 11.0 Å². The van der Waals surface area contributed by atoms with Gasteiger partial charge >= 0.3 is 0 Å². The van der Waals surface area contributed by atoms with Crippen LogP contribution in [-0.2, 0) is 5.41 Å². The van der Waals surface area contributed by atoms with Crippen molar-refractivity contribution >= 4 is 51.3 Å². The largest absolute Gasteiger partial charge is 0.313 e.